The Hall–Kier alpha value is -1.38. The average molecular weight is 329 g/mol. The predicted molar refractivity (Wildman–Crippen MR) is 82.8 cm³/mol. The molecule has 1 fully saturated rings. The topological polar surface area (TPSA) is 63.7 Å². The maximum atomic E-state index is 11.9. The Labute approximate surface area is 126 Å². The predicted octanol–water partition coefficient (Wildman–Crippen LogP) is 1.86. The molecule has 0 aliphatic carbocycles. The highest BCUT2D eigenvalue weighted by atomic mass is 32.2. The van der Waals surface area contributed by atoms with Crippen molar-refractivity contribution >= 4 is 50.4 Å². The highest BCUT2D eigenvalue weighted by molar-refractivity contribution is 8.26. The van der Waals surface area contributed by atoms with Crippen molar-refractivity contribution in [3.8, 4) is 5.75 Å². The maximum Gasteiger partial charge on any atom is 0.306 e. The van der Waals surface area contributed by atoms with Gasteiger partial charge in [0.05, 0.1) is 11.2 Å². The quantitative estimate of drug-likeness (QED) is 0.479. The van der Waals surface area contributed by atoms with Gasteiger partial charge in [-0.2, -0.15) is 8.42 Å². The maximum absolute atomic E-state index is 11.9. The summed E-state index contributed by atoms with van der Waals surface area (Å²) in [6.45, 7) is 0. The highest BCUT2D eigenvalue weighted by Crippen LogP contribution is 2.31. The Bertz CT molecular complexity index is 709. The number of hydrogen-bond acceptors (Lipinski definition) is 6. The van der Waals surface area contributed by atoms with E-state index in [1.165, 1.54) is 22.7 Å². The molecule has 106 valence electrons. The lowest BCUT2D eigenvalue weighted by Gasteiger charge is -2.04. The number of amides is 1. The number of benzene rings is 1. The molecule has 0 aromatic heterocycles. The van der Waals surface area contributed by atoms with Crippen LogP contribution in [0.1, 0.15) is 5.56 Å². The molecule has 8 heteroatoms. The van der Waals surface area contributed by atoms with E-state index >= 15 is 0 Å². The summed E-state index contributed by atoms with van der Waals surface area (Å²) >= 11 is 6.24. The highest BCUT2D eigenvalue weighted by Gasteiger charge is 2.28. The van der Waals surface area contributed by atoms with Crippen LogP contribution in [0.3, 0.4) is 0 Å². The van der Waals surface area contributed by atoms with Crippen LogP contribution in [0.2, 0.25) is 0 Å². The van der Waals surface area contributed by atoms with Gasteiger partial charge in [-0.05, 0) is 23.8 Å². The van der Waals surface area contributed by atoms with E-state index in [1.54, 1.807) is 31.3 Å². The SMILES string of the molecule is CN1C(=O)C(=Cc2cccc(OS(C)(=O)=O)c2)SC1=S. The minimum absolute atomic E-state index is 0.172. The van der Waals surface area contributed by atoms with Gasteiger partial charge in [0, 0.05) is 7.05 Å². The minimum Gasteiger partial charge on any atom is -0.383 e. The standard InChI is InChI=1S/C12H11NO4S3/c1-13-11(14)10(19-12(13)18)7-8-4-3-5-9(6-8)17-20(2,15)16/h3-7H,1-2H3. The number of carbonyl (C=O) groups excluding carboxylic acids is 1. The molecule has 0 saturated carbocycles. The molecule has 1 aromatic rings. The van der Waals surface area contributed by atoms with Crippen LogP contribution in [0.15, 0.2) is 29.2 Å². The number of thiocarbonyl (C=S) groups is 1. The average Bonchev–Trinajstić information content (AvgIpc) is 2.55. The monoisotopic (exact) mass is 329 g/mol. The summed E-state index contributed by atoms with van der Waals surface area (Å²) in [5.74, 6) is 0.0302. The molecule has 2 rings (SSSR count). The summed E-state index contributed by atoms with van der Waals surface area (Å²) in [4.78, 5) is 13.7. The van der Waals surface area contributed by atoms with Crippen molar-refractivity contribution < 1.29 is 17.4 Å². The summed E-state index contributed by atoms with van der Waals surface area (Å²) in [5, 5.41) is 0. The zero-order valence-corrected chi connectivity index (χ0v) is 13.1. The first-order chi connectivity index (χ1) is 9.26. The van der Waals surface area contributed by atoms with Crippen molar-refractivity contribution in [2.24, 2.45) is 0 Å². The van der Waals surface area contributed by atoms with Gasteiger partial charge in [0.1, 0.15) is 10.1 Å². The largest absolute Gasteiger partial charge is 0.383 e. The van der Waals surface area contributed by atoms with Crippen LogP contribution in [-0.4, -0.2) is 36.8 Å². The lowest BCUT2D eigenvalue weighted by molar-refractivity contribution is -0.121. The van der Waals surface area contributed by atoms with Crippen molar-refractivity contribution in [3.63, 3.8) is 0 Å². The number of rotatable bonds is 3. The molecule has 1 aliphatic rings. The fraction of sp³-hybridized carbons (Fsp3) is 0.167. The van der Waals surface area contributed by atoms with Gasteiger partial charge in [-0.1, -0.05) is 36.1 Å². The van der Waals surface area contributed by atoms with Crippen LogP contribution >= 0.6 is 24.0 Å². The molecule has 1 aliphatic heterocycles. The van der Waals surface area contributed by atoms with Gasteiger partial charge in [0.25, 0.3) is 5.91 Å². The molecular formula is C12H11NO4S3. The third-order valence-corrected chi connectivity index (χ3v) is 4.37. The third kappa shape index (κ3) is 3.59. The number of likely N-dealkylation sites (N-methyl/N-ethyl adjacent to an activating group) is 1. The van der Waals surface area contributed by atoms with Crippen LogP contribution in [0.4, 0.5) is 0 Å². The van der Waals surface area contributed by atoms with Crippen molar-refractivity contribution in [1.29, 1.82) is 0 Å². The Kier molecular flexibility index (Phi) is 4.17. The minimum atomic E-state index is -3.57. The van der Waals surface area contributed by atoms with Crippen LogP contribution in [0.5, 0.6) is 5.75 Å². The Morgan fingerprint density at radius 1 is 1.40 bits per heavy atom. The van der Waals surface area contributed by atoms with Crippen molar-refractivity contribution in [3.05, 3.63) is 34.7 Å². The Morgan fingerprint density at radius 3 is 2.65 bits per heavy atom. The summed E-state index contributed by atoms with van der Waals surface area (Å²) in [6.07, 6.45) is 2.62. The summed E-state index contributed by atoms with van der Waals surface area (Å²) in [5.41, 5.74) is 0.667. The number of carbonyl (C=O) groups is 1. The van der Waals surface area contributed by atoms with E-state index in [2.05, 4.69) is 0 Å². The van der Waals surface area contributed by atoms with E-state index in [9.17, 15) is 13.2 Å². The molecule has 0 radical (unpaired) electrons. The van der Waals surface area contributed by atoms with E-state index in [1.807, 2.05) is 0 Å². The zero-order chi connectivity index (χ0) is 14.9. The second-order valence-corrected chi connectivity index (χ2v) is 7.35. The smallest absolute Gasteiger partial charge is 0.306 e. The first-order valence-corrected chi connectivity index (χ1v) is 8.51. The van der Waals surface area contributed by atoms with Gasteiger partial charge in [-0.15, -0.1) is 0 Å². The molecule has 0 bridgehead atoms. The number of nitrogens with zero attached hydrogens (tertiary/aromatic N) is 1. The van der Waals surface area contributed by atoms with Gasteiger partial charge >= 0.3 is 10.1 Å². The second-order valence-electron chi connectivity index (χ2n) is 4.10. The van der Waals surface area contributed by atoms with E-state index in [0.717, 1.165) is 6.26 Å². The summed E-state index contributed by atoms with van der Waals surface area (Å²) < 4.78 is 27.4. The number of hydrogen-bond donors (Lipinski definition) is 0. The summed E-state index contributed by atoms with van der Waals surface area (Å²) in [6, 6.07) is 6.48. The van der Waals surface area contributed by atoms with Crippen molar-refractivity contribution in [2.45, 2.75) is 0 Å². The van der Waals surface area contributed by atoms with Crippen LogP contribution in [-0.2, 0) is 14.9 Å². The molecule has 0 spiro atoms. The van der Waals surface area contributed by atoms with E-state index < -0.39 is 10.1 Å². The molecule has 1 saturated heterocycles. The molecule has 0 atom stereocenters. The summed E-state index contributed by atoms with van der Waals surface area (Å²) in [7, 11) is -1.96. The fourth-order valence-electron chi connectivity index (χ4n) is 1.53. The molecule has 0 N–H and O–H groups in total. The van der Waals surface area contributed by atoms with Crippen LogP contribution in [0.25, 0.3) is 6.08 Å². The van der Waals surface area contributed by atoms with E-state index in [-0.39, 0.29) is 11.7 Å². The molecular weight excluding hydrogens is 318 g/mol. The zero-order valence-electron chi connectivity index (χ0n) is 10.7. The van der Waals surface area contributed by atoms with Gasteiger partial charge < -0.3 is 4.18 Å². The first kappa shape index (κ1) is 15.0. The first-order valence-electron chi connectivity index (χ1n) is 5.47. The third-order valence-electron chi connectivity index (χ3n) is 2.39. The van der Waals surface area contributed by atoms with Gasteiger partial charge in [-0.25, -0.2) is 0 Å². The van der Waals surface area contributed by atoms with Gasteiger partial charge in [0.2, 0.25) is 0 Å². The molecule has 20 heavy (non-hydrogen) atoms. The number of thioether (sulfide) groups is 1. The molecule has 1 aromatic carbocycles. The lowest BCUT2D eigenvalue weighted by Crippen LogP contribution is -2.22. The second kappa shape index (κ2) is 5.55. The lowest BCUT2D eigenvalue weighted by atomic mass is 10.2. The van der Waals surface area contributed by atoms with Crippen LogP contribution in [0, 0.1) is 0 Å². The van der Waals surface area contributed by atoms with E-state index in [0.29, 0.717) is 14.8 Å². The molecule has 5 nitrogen and oxygen atoms in total. The van der Waals surface area contributed by atoms with Crippen molar-refractivity contribution in [2.75, 3.05) is 13.3 Å². The fourth-order valence-corrected chi connectivity index (χ4v) is 3.16. The van der Waals surface area contributed by atoms with Crippen LogP contribution < -0.4 is 4.18 Å². The van der Waals surface area contributed by atoms with Gasteiger partial charge in [0.15, 0.2) is 0 Å². The van der Waals surface area contributed by atoms with E-state index in [4.69, 9.17) is 16.4 Å². The normalized spacial score (nSPS) is 17.9. The molecule has 1 heterocycles. The molecule has 1 amide bonds. The Balaban J connectivity index is 2.29. The van der Waals surface area contributed by atoms with Gasteiger partial charge in [-0.3, -0.25) is 9.69 Å². The molecule has 0 unspecified atom stereocenters. The Morgan fingerprint density at radius 2 is 2.10 bits per heavy atom. The van der Waals surface area contributed by atoms with Crippen molar-refractivity contribution in [1.82, 2.24) is 4.90 Å².